The van der Waals surface area contributed by atoms with Crippen LogP contribution in [0.1, 0.15) is 23.6 Å². The average molecular weight is 445 g/mol. The molecule has 2 N–H and O–H groups in total. The monoisotopic (exact) mass is 445 g/mol. The van der Waals surface area contributed by atoms with Gasteiger partial charge in [0.2, 0.25) is 0 Å². The lowest BCUT2D eigenvalue weighted by atomic mass is 10.1. The van der Waals surface area contributed by atoms with E-state index in [0.29, 0.717) is 13.1 Å². The van der Waals surface area contributed by atoms with Crippen molar-refractivity contribution in [1.29, 1.82) is 0 Å². The summed E-state index contributed by atoms with van der Waals surface area (Å²) in [5, 5.41) is 10.8. The smallest absolute Gasteiger partial charge is 0.191 e. The molecule has 0 saturated heterocycles. The van der Waals surface area contributed by atoms with Crippen molar-refractivity contribution in [2.24, 2.45) is 4.99 Å². The predicted octanol–water partition coefficient (Wildman–Crippen LogP) is 3.94. The molecule has 2 aromatic rings. The maximum Gasteiger partial charge on any atom is 0.191 e. The Morgan fingerprint density at radius 2 is 2.04 bits per heavy atom. The van der Waals surface area contributed by atoms with Crippen molar-refractivity contribution in [1.82, 2.24) is 10.6 Å². The molecule has 0 spiro atoms. The van der Waals surface area contributed by atoms with Gasteiger partial charge in [0.1, 0.15) is 5.75 Å². The van der Waals surface area contributed by atoms with E-state index in [0.717, 1.165) is 23.8 Å². The summed E-state index contributed by atoms with van der Waals surface area (Å²) in [6.45, 7) is 6.36. The first kappa shape index (κ1) is 19.8. The van der Waals surface area contributed by atoms with Crippen LogP contribution in [0.4, 0.5) is 0 Å². The molecule has 0 fully saturated rings. The van der Waals surface area contributed by atoms with Gasteiger partial charge in [0.25, 0.3) is 0 Å². The Hall–Kier alpha value is -1.28. The highest BCUT2D eigenvalue weighted by molar-refractivity contribution is 14.0. The van der Waals surface area contributed by atoms with E-state index in [1.807, 2.05) is 6.92 Å². The Labute approximate surface area is 159 Å². The zero-order valence-electron chi connectivity index (χ0n) is 13.8. The van der Waals surface area contributed by atoms with Crippen LogP contribution in [-0.4, -0.2) is 19.6 Å². The van der Waals surface area contributed by atoms with Crippen LogP contribution in [0.25, 0.3) is 0 Å². The summed E-state index contributed by atoms with van der Waals surface area (Å²) in [4.78, 5) is 4.60. The highest BCUT2D eigenvalue weighted by Gasteiger charge is 2.02. The van der Waals surface area contributed by atoms with E-state index in [1.54, 1.807) is 18.4 Å². The molecule has 0 unspecified atom stereocenters. The number of hydrogen-bond acceptors (Lipinski definition) is 3. The SMILES string of the molecule is CCNC(=NCc1ccsc1)NCc1ccc(C)c(OC)c1.I. The quantitative estimate of drug-likeness (QED) is 0.402. The highest BCUT2D eigenvalue weighted by atomic mass is 127. The van der Waals surface area contributed by atoms with E-state index in [9.17, 15) is 0 Å². The molecule has 0 aliphatic heterocycles. The largest absolute Gasteiger partial charge is 0.496 e. The summed E-state index contributed by atoms with van der Waals surface area (Å²) >= 11 is 1.70. The Bertz CT molecular complexity index is 614. The molecule has 0 aliphatic rings. The summed E-state index contributed by atoms with van der Waals surface area (Å²) in [6, 6.07) is 8.34. The van der Waals surface area contributed by atoms with E-state index in [2.05, 4.69) is 57.6 Å². The second-order valence-corrected chi connectivity index (χ2v) is 5.76. The minimum absolute atomic E-state index is 0. The van der Waals surface area contributed by atoms with Crippen LogP contribution in [0, 0.1) is 6.92 Å². The lowest BCUT2D eigenvalue weighted by Crippen LogP contribution is -2.36. The molecule has 0 radical (unpaired) electrons. The molecule has 1 aromatic carbocycles. The Balaban J connectivity index is 0.00000264. The van der Waals surface area contributed by atoms with Gasteiger partial charge in [-0.2, -0.15) is 11.3 Å². The number of methoxy groups -OCH3 is 1. The minimum atomic E-state index is 0. The number of benzene rings is 1. The predicted molar refractivity (Wildman–Crippen MR) is 109 cm³/mol. The summed E-state index contributed by atoms with van der Waals surface area (Å²) in [5.74, 6) is 1.74. The van der Waals surface area contributed by atoms with E-state index >= 15 is 0 Å². The van der Waals surface area contributed by atoms with Crippen molar-refractivity contribution < 1.29 is 4.74 Å². The maximum absolute atomic E-state index is 5.36. The van der Waals surface area contributed by atoms with Gasteiger partial charge in [-0.15, -0.1) is 24.0 Å². The summed E-state index contributed by atoms with van der Waals surface area (Å²) in [7, 11) is 1.70. The number of aliphatic imine (C=N–C) groups is 1. The van der Waals surface area contributed by atoms with Gasteiger partial charge in [0.05, 0.1) is 13.7 Å². The van der Waals surface area contributed by atoms with Gasteiger partial charge in [-0.1, -0.05) is 12.1 Å². The van der Waals surface area contributed by atoms with E-state index in [1.165, 1.54) is 11.1 Å². The fourth-order valence-electron chi connectivity index (χ4n) is 2.05. The first-order valence-electron chi connectivity index (χ1n) is 7.39. The van der Waals surface area contributed by atoms with E-state index < -0.39 is 0 Å². The number of nitrogens with one attached hydrogen (secondary N) is 2. The van der Waals surface area contributed by atoms with Gasteiger partial charge < -0.3 is 15.4 Å². The molecule has 0 saturated carbocycles. The fourth-order valence-corrected chi connectivity index (χ4v) is 2.71. The number of halogens is 1. The van der Waals surface area contributed by atoms with Crippen molar-refractivity contribution in [2.45, 2.75) is 26.9 Å². The lowest BCUT2D eigenvalue weighted by molar-refractivity contribution is 0.411. The standard InChI is InChI=1S/C17H23N3OS.HI/c1-4-18-17(20-11-15-7-8-22-12-15)19-10-14-6-5-13(2)16(9-14)21-3;/h5-9,12H,4,10-11H2,1-3H3,(H2,18,19,20);1H. The molecule has 6 heteroatoms. The number of rotatable bonds is 6. The van der Waals surface area contributed by atoms with Crippen LogP contribution in [0.2, 0.25) is 0 Å². The Morgan fingerprint density at radius 3 is 2.70 bits per heavy atom. The molecule has 0 aliphatic carbocycles. The van der Waals surface area contributed by atoms with Crippen LogP contribution in [-0.2, 0) is 13.1 Å². The Morgan fingerprint density at radius 1 is 1.22 bits per heavy atom. The molecule has 0 atom stereocenters. The zero-order chi connectivity index (χ0) is 15.8. The number of nitrogens with zero attached hydrogens (tertiary/aromatic N) is 1. The van der Waals surface area contributed by atoms with Gasteiger partial charge in [-0.05, 0) is 53.4 Å². The zero-order valence-corrected chi connectivity index (χ0v) is 16.9. The third-order valence-corrected chi connectivity index (χ3v) is 4.01. The summed E-state index contributed by atoms with van der Waals surface area (Å²) in [5.41, 5.74) is 3.55. The lowest BCUT2D eigenvalue weighted by Gasteiger charge is -2.12. The second-order valence-electron chi connectivity index (χ2n) is 4.98. The fraction of sp³-hybridized carbons (Fsp3) is 0.353. The molecule has 1 heterocycles. The molecule has 23 heavy (non-hydrogen) atoms. The third-order valence-electron chi connectivity index (χ3n) is 3.28. The van der Waals surface area contributed by atoms with Crippen LogP contribution >= 0.6 is 35.3 Å². The molecule has 126 valence electrons. The Kier molecular flexibility index (Phi) is 9.01. The van der Waals surface area contributed by atoms with Gasteiger partial charge in [-0.25, -0.2) is 4.99 Å². The first-order valence-corrected chi connectivity index (χ1v) is 8.34. The number of thiophene rings is 1. The second kappa shape index (κ2) is 10.5. The molecule has 4 nitrogen and oxygen atoms in total. The minimum Gasteiger partial charge on any atom is -0.496 e. The first-order chi connectivity index (χ1) is 10.7. The number of hydrogen-bond donors (Lipinski definition) is 2. The summed E-state index contributed by atoms with van der Waals surface area (Å²) < 4.78 is 5.36. The molecule has 1 aromatic heterocycles. The van der Waals surface area contributed by atoms with Gasteiger partial charge in [0, 0.05) is 13.1 Å². The van der Waals surface area contributed by atoms with Crippen molar-refractivity contribution in [3.63, 3.8) is 0 Å². The van der Waals surface area contributed by atoms with Crippen LogP contribution in [0.5, 0.6) is 5.75 Å². The van der Waals surface area contributed by atoms with Gasteiger partial charge in [-0.3, -0.25) is 0 Å². The van der Waals surface area contributed by atoms with Gasteiger partial charge >= 0.3 is 0 Å². The molecule has 2 rings (SSSR count). The number of guanidine groups is 1. The summed E-state index contributed by atoms with van der Waals surface area (Å²) in [6.07, 6.45) is 0. The van der Waals surface area contributed by atoms with Crippen LogP contribution in [0.15, 0.2) is 40.0 Å². The van der Waals surface area contributed by atoms with Gasteiger partial charge in [0.15, 0.2) is 5.96 Å². The van der Waals surface area contributed by atoms with Crippen LogP contribution < -0.4 is 15.4 Å². The van der Waals surface area contributed by atoms with Crippen molar-refractivity contribution >= 4 is 41.3 Å². The molecular formula is C17H24IN3OS. The highest BCUT2D eigenvalue weighted by Crippen LogP contribution is 2.18. The van der Waals surface area contributed by atoms with Crippen molar-refractivity contribution in [3.05, 3.63) is 51.7 Å². The normalized spacial score (nSPS) is 10.8. The molecule has 0 bridgehead atoms. The average Bonchev–Trinajstić information content (AvgIpc) is 3.04. The number of ether oxygens (including phenoxy) is 1. The van der Waals surface area contributed by atoms with E-state index in [-0.39, 0.29) is 24.0 Å². The molecule has 0 amide bonds. The van der Waals surface area contributed by atoms with Crippen LogP contribution in [0.3, 0.4) is 0 Å². The van der Waals surface area contributed by atoms with E-state index in [4.69, 9.17) is 4.74 Å². The maximum atomic E-state index is 5.36. The van der Waals surface area contributed by atoms with Crippen molar-refractivity contribution in [2.75, 3.05) is 13.7 Å². The topological polar surface area (TPSA) is 45.7 Å². The molecular weight excluding hydrogens is 421 g/mol. The number of aryl methyl sites for hydroxylation is 1. The third kappa shape index (κ3) is 6.39. The van der Waals surface area contributed by atoms with Crippen molar-refractivity contribution in [3.8, 4) is 5.75 Å².